The third-order valence-electron chi connectivity index (χ3n) is 9.40. The van der Waals surface area contributed by atoms with Gasteiger partial charge in [-0.3, -0.25) is 4.79 Å². The Balaban J connectivity index is 1.57. The van der Waals surface area contributed by atoms with Crippen molar-refractivity contribution < 1.29 is 19.4 Å². The van der Waals surface area contributed by atoms with Gasteiger partial charge >= 0.3 is 5.97 Å². The molecule has 44 heavy (non-hydrogen) atoms. The third kappa shape index (κ3) is 6.37. The van der Waals surface area contributed by atoms with Crippen molar-refractivity contribution in [3.8, 4) is 22.9 Å². The predicted octanol–water partition coefficient (Wildman–Crippen LogP) is 6.97. The van der Waals surface area contributed by atoms with Crippen LogP contribution in [0.3, 0.4) is 0 Å². The first-order valence-corrected chi connectivity index (χ1v) is 15.6. The topological polar surface area (TPSA) is 103 Å². The van der Waals surface area contributed by atoms with Crippen LogP contribution in [0.15, 0.2) is 72.8 Å². The SMILES string of the molecule is COc1ccc(-c2cccc(C#N)c2)cc1CN[C@H]1[C@H](C(C)(C)C)[C@@H](C(=O)O)N(C(=O)C2CCCCC2)[C@H]1c1ccccc1. The highest BCUT2D eigenvalue weighted by Gasteiger charge is 2.58. The Morgan fingerprint density at radius 3 is 2.32 bits per heavy atom. The Morgan fingerprint density at radius 2 is 1.68 bits per heavy atom. The second-order valence-corrected chi connectivity index (χ2v) is 13.2. The molecule has 0 radical (unpaired) electrons. The van der Waals surface area contributed by atoms with Gasteiger partial charge in [-0.1, -0.05) is 88.6 Å². The van der Waals surface area contributed by atoms with E-state index in [-0.39, 0.29) is 23.8 Å². The fourth-order valence-corrected chi connectivity index (χ4v) is 7.38. The van der Waals surface area contributed by atoms with Gasteiger partial charge in [-0.15, -0.1) is 0 Å². The number of benzene rings is 3. The number of aliphatic carboxylic acids is 1. The van der Waals surface area contributed by atoms with Crippen LogP contribution in [0.25, 0.3) is 11.1 Å². The monoisotopic (exact) mass is 593 g/mol. The van der Waals surface area contributed by atoms with E-state index in [4.69, 9.17) is 4.74 Å². The number of carbonyl (C=O) groups is 2. The van der Waals surface area contributed by atoms with Crippen molar-refractivity contribution in [2.24, 2.45) is 17.3 Å². The lowest BCUT2D eigenvalue weighted by Crippen LogP contribution is -2.49. The lowest BCUT2D eigenvalue weighted by Gasteiger charge is -2.36. The van der Waals surface area contributed by atoms with E-state index in [0.717, 1.165) is 54.4 Å². The molecular weight excluding hydrogens is 550 g/mol. The molecule has 2 fully saturated rings. The molecule has 0 aromatic heterocycles. The highest BCUT2D eigenvalue weighted by molar-refractivity contribution is 5.87. The maximum absolute atomic E-state index is 14.3. The molecule has 3 aromatic carbocycles. The molecule has 5 rings (SSSR count). The molecule has 7 heteroatoms. The number of carbonyl (C=O) groups excluding carboxylic acids is 1. The number of nitrogens with zero attached hydrogens (tertiary/aromatic N) is 2. The molecule has 1 amide bonds. The standard InChI is InChI=1S/C37H43N3O4/c1-37(2,3)31-32(39-23-29-21-28(18-19-30(29)44-4)27-17-11-12-24(20-27)22-38)33(25-13-7-5-8-14-25)40(34(31)36(42)43)35(41)26-15-9-6-10-16-26/h5,7-8,11-14,17-21,26,31-34,39H,6,9-10,15-16,23H2,1-4H3,(H,42,43)/t31-,32-,33-,34-/m0/s1. The molecule has 3 aromatic rings. The van der Waals surface area contributed by atoms with E-state index in [1.807, 2.05) is 60.7 Å². The summed E-state index contributed by atoms with van der Waals surface area (Å²) in [4.78, 5) is 29.2. The number of ether oxygens (including phenoxy) is 1. The van der Waals surface area contributed by atoms with E-state index in [1.165, 1.54) is 0 Å². The Morgan fingerprint density at radius 1 is 0.977 bits per heavy atom. The van der Waals surface area contributed by atoms with Gasteiger partial charge in [0.2, 0.25) is 5.91 Å². The van der Waals surface area contributed by atoms with Gasteiger partial charge in [0.25, 0.3) is 0 Å². The number of nitriles is 1. The van der Waals surface area contributed by atoms with Crippen molar-refractivity contribution in [2.45, 2.75) is 77.5 Å². The molecule has 0 bridgehead atoms. The fourth-order valence-electron chi connectivity index (χ4n) is 7.38. The highest BCUT2D eigenvalue weighted by atomic mass is 16.5. The molecule has 7 nitrogen and oxygen atoms in total. The number of carboxylic acids is 1. The van der Waals surface area contributed by atoms with Gasteiger partial charge in [0, 0.05) is 30.0 Å². The number of rotatable bonds is 8. The third-order valence-corrected chi connectivity index (χ3v) is 9.40. The molecule has 1 saturated carbocycles. The second kappa shape index (κ2) is 13.2. The smallest absolute Gasteiger partial charge is 0.326 e. The van der Waals surface area contributed by atoms with E-state index in [2.05, 4.69) is 38.2 Å². The minimum absolute atomic E-state index is 0.0403. The number of hydrogen-bond donors (Lipinski definition) is 2. The van der Waals surface area contributed by atoms with Gasteiger partial charge in [0.15, 0.2) is 0 Å². The lowest BCUT2D eigenvalue weighted by atomic mass is 9.72. The first-order chi connectivity index (χ1) is 21.1. The Hall–Kier alpha value is -4.15. The van der Waals surface area contributed by atoms with E-state index in [0.29, 0.717) is 17.9 Å². The number of likely N-dealkylation sites (tertiary alicyclic amines) is 1. The summed E-state index contributed by atoms with van der Waals surface area (Å²) >= 11 is 0. The minimum Gasteiger partial charge on any atom is -0.496 e. The molecule has 2 aliphatic rings. The Kier molecular flexibility index (Phi) is 9.41. The van der Waals surface area contributed by atoms with Crippen LogP contribution in [0.5, 0.6) is 5.75 Å². The van der Waals surface area contributed by atoms with E-state index < -0.39 is 23.5 Å². The van der Waals surface area contributed by atoms with Gasteiger partial charge in [-0.25, -0.2) is 4.79 Å². The normalized spacial score (nSPS) is 22.4. The summed E-state index contributed by atoms with van der Waals surface area (Å²) in [6.07, 6.45) is 4.72. The second-order valence-electron chi connectivity index (χ2n) is 13.2. The van der Waals surface area contributed by atoms with Gasteiger partial charge in [0.1, 0.15) is 11.8 Å². The number of nitrogens with one attached hydrogen (secondary N) is 1. The maximum atomic E-state index is 14.3. The first kappa shape index (κ1) is 31.3. The zero-order chi connectivity index (χ0) is 31.4. The molecule has 4 atom stereocenters. The van der Waals surface area contributed by atoms with Crippen LogP contribution in [0.1, 0.15) is 75.6 Å². The van der Waals surface area contributed by atoms with Crippen LogP contribution in [-0.2, 0) is 16.1 Å². The van der Waals surface area contributed by atoms with Crippen LogP contribution in [-0.4, -0.2) is 41.1 Å². The average molecular weight is 594 g/mol. The van der Waals surface area contributed by atoms with Crippen molar-refractivity contribution in [1.29, 1.82) is 5.26 Å². The van der Waals surface area contributed by atoms with Gasteiger partial charge in [0.05, 0.1) is 24.8 Å². The lowest BCUT2D eigenvalue weighted by molar-refractivity contribution is -0.154. The molecule has 230 valence electrons. The Bertz CT molecular complexity index is 1520. The highest BCUT2D eigenvalue weighted by Crippen LogP contribution is 2.49. The fraction of sp³-hybridized carbons (Fsp3) is 0.432. The molecular formula is C37H43N3O4. The van der Waals surface area contributed by atoms with Crippen LogP contribution >= 0.6 is 0 Å². The quantitative estimate of drug-likeness (QED) is 0.292. The summed E-state index contributed by atoms with van der Waals surface area (Å²) < 4.78 is 5.75. The average Bonchev–Trinajstić information content (AvgIpc) is 3.40. The van der Waals surface area contributed by atoms with Crippen molar-refractivity contribution in [3.63, 3.8) is 0 Å². The van der Waals surface area contributed by atoms with Gasteiger partial charge in [-0.05, 0) is 59.2 Å². The maximum Gasteiger partial charge on any atom is 0.326 e. The number of hydrogen-bond acceptors (Lipinski definition) is 5. The van der Waals surface area contributed by atoms with Gasteiger partial charge in [-0.2, -0.15) is 5.26 Å². The van der Waals surface area contributed by atoms with Crippen LogP contribution in [0.2, 0.25) is 0 Å². The molecule has 0 unspecified atom stereocenters. The molecule has 1 aliphatic heterocycles. The van der Waals surface area contributed by atoms with Crippen molar-refractivity contribution in [1.82, 2.24) is 10.2 Å². The van der Waals surface area contributed by atoms with E-state index in [1.54, 1.807) is 18.1 Å². The summed E-state index contributed by atoms with van der Waals surface area (Å²) in [7, 11) is 1.64. The summed E-state index contributed by atoms with van der Waals surface area (Å²) in [5.74, 6) is -0.807. The van der Waals surface area contributed by atoms with E-state index >= 15 is 0 Å². The zero-order valence-electron chi connectivity index (χ0n) is 26.1. The summed E-state index contributed by atoms with van der Waals surface area (Å²) in [6.45, 7) is 6.63. The summed E-state index contributed by atoms with van der Waals surface area (Å²) in [6, 6.07) is 23.8. The van der Waals surface area contributed by atoms with Crippen molar-refractivity contribution >= 4 is 11.9 Å². The predicted molar refractivity (Wildman–Crippen MR) is 171 cm³/mol. The van der Waals surface area contributed by atoms with Crippen molar-refractivity contribution in [3.05, 3.63) is 89.5 Å². The number of amides is 1. The van der Waals surface area contributed by atoms with Crippen LogP contribution < -0.4 is 10.1 Å². The van der Waals surface area contributed by atoms with E-state index in [9.17, 15) is 20.0 Å². The summed E-state index contributed by atoms with van der Waals surface area (Å²) in [5, 5.41) is 23.9. The zero-order valence-corrected chi connectivity index (χ0v) is 26.1. The summed E-state index contributed by atoms with van der Waals surface area (Å²) in [5.41, 5.74) is 3.90. The molecule has 1 aliphatic carbocycles. The Labute approximate surface area is 260 Å². The number of carboxylic acid groups (broad SMARTS) is 1. The van der Waals surface area contributed by atoms with Crippen molar-refractivity contribution in [2.75, 3.05) is 7.11 Å². The van der Waals surface area contributed by atoms with Crippen LogP contribution in [0.4, 0.5) is 0 Å². The van der Waals surface area contributed by atoms with Crippen LogP contribution in [0, 0.1) is 28.6 Å². The molecule has 1 saturated heterocycles. The largest absolute Gasteiger partial charge is 0.496 e. The molecule has 2 N–H and O–H groups in total. The van der Waals surface area contributed by atoms with Gasteiger partial charge < -0.3 is 20.1 Å². The first-order valence-electron chi connectivity index (χ1n) is 15.6. The number of methoxy groups -OCH3 is 1. The molecule has 1 heterocycles. The minimum atomic E-state index is -0.964. The molecule has 0 spiro atoms.